The first-order chi connectivity index (χ1) is 6.50. The van der Waals surface area contributed by atoms with E-state index in [4.69, 9.17) is 0 Å². The molecule has 1 N–H and O–H groups in total. The first-order valence-corrected chi connectivity index (χ1v) is 4.46. The Morgan fingerprint density at radius 1 is 1.21 bits per heavy atom. The van der Waals surface area contributed by atoms with Crippen molar-refractivity contribution in [2.75, 3.05) is 11.9 Å². The number of alkyl halides is 2. The van der Waals surface area contributed by atoms with Crippen molar-refractivity contribution in [3.05, 3.63) is 28.2 Å². The van der Waals surface area contributed by atoms with Gasteiger partial charge in [0.1, 0.15) is 11.6 Å². The van der Waals surface area contributed by atoms with E-state index in [1.165, 1.54) is 0 Å². The van der Waals surface area contributed by atoms with Crippen LogP contribution in [-0.2, 0) is 0 Å². The average molecular weight is 272 g/mol. The third-order valence-electron chi connectivity index (χ3n) is 1.46. The second-order valence-electron chi connectivity index (χ2n) is 2.52. The number of hydrogen-bond acceptors (Lipinski definition) is 1. The normalized spacial score (nSPS) is 10.7. The second-order valence-corrected chi connectivity index (χ2v) is 3.37. The molecular formula is C8H6BrF4N. The lowest BCUT2D eigenvalue weighted by Gasteiger charge is -2.07. The summed E-state index contributed by atoms with van der Waals surface area (Å²) in [4.78, 5) is 0. The van der Waals surface area contributed by atoms with Crippen molar-refractivity contribution in [2.24, 2.45) is 0 Å². The monoisotopic (exact) mass is 271 g/mol. The predicted molar refractivity (Wildman–Crippen MR) is 48.6 cm³/mol. The first-order valence-electron chi connectivity index (χ1n) is 3.67. The standard InChI is InChI=1S/C8H6BrF4N/c9-4-1-7(14-3-8(12)13)6(11)2-5(4)10/h1-2,8,14H,3H2. The summed E-state index contributed by atoms with van der Waals surface area (Å²) in [6.07, 6.45) is -2.58. The molecule has 1 nitrogen and oxygen atoms in total. The van der Waals surface area contributed by atoms with E-state index in [9.17, 15) is 17.6 Å². The molecule has 6 heteroatoms. The maximum atomic E-state index is 12.9. The van der Waals surface area contributed by atoms with E-state index < -0.39 is 24.6 Å². The topological polar surface area (TPSA) is 12.0 Å². The Labute approximate surface area is 86.2 Å². The maximum absolute atomic E-state index is 12.9. The Morgan fingerprint density at radius 2 is 1.86 bits per heavy atom. The van der Waals surface area contributed by atoms with Crippen LogP contribution in [0.5, 0.6) is 0 Å². The summed E-state index contributed by atoms with van der Waals surface area (Å²) >= 11 is 2.82. The molecule has 0 aliphatic carbocycles. The van der Waals surface area contributed by atoms with Gasteiger partial charge in [-0.3, -0.25) is 0 Å². The Hall–Kier alpha value is -0.780. The molecule has 0 aliphatic heterocycles. The molecular weight excluding hydrogens is 266 g/mol. The zero-order valence-electron chi connectivity index (χ0n) is 6.83. The summed E-state index contributed by atoms with van der Waals surface area (Å²) in [7, 11) is 0. The van der Waals surface area contributed by atoms with E-state index in [-0.39, 0.29) is 10.2 Å². The molecule has 0 saturated heterocycles. The van der Waals surface area contributed by atoms with Crippen LogP contribution in [0.2, 0.25) is 0 Å². The van der Waals surface area contributed by atoms with Gasteiger partial charge in [-0.15, -0.1) is 0 Å². The highest BCUT2D eigenvalue weighted by atomic mass is 79.9. The highest BCUT2D eigenvalue weighted by molar-refractivity contribution is 9.10. The highest BCUT2D eigenvalue weighted by Gasteiger charge is 2.09. The van der Waals surface area contributed by atoms with Gasteiger partial charge in [-0.1, -0.05) is 0 Å². The number of halogens is 5. The molecule has 0 spiro atoms. The van der Waals surface area contributed by atoms with Gasteiger partial charge in [0.2, 0.25) is 0 Å². The van der Waals surface area contributed by atoms with Crippen molar-refractivity contribution in [2.45, 2.75) is 6.43 Å². The van der Waals surface area contributed by atoms with E-state index in [1.54, 1.807) is 0 Å². The number of anilines is 1. The van der Waals surface area contributed by atoms with E-state index >= 15 is 0 Å². The van der Waals surface area contributed by atoms with Gasteiger partial charge in [0.05, 0.1) is 16.7 Å². The van der Waals surface area contributed by atoms with Crippen LogP contribution in [0.3, 0.4) is 0 Å². The zero-order chi connectivity index (χ0) is 10.7. The van der Waals surface area contributed by atoms with Gasteiger partial charge >= 0.3 is 0 Å². The smallest absolute Gasteiger partial charge is 0.255 e. The van der Waals surface area contributed by atoms with Crippen LogP contribution in [0.15, 0.2) is 16.6 Å². The molecule has 78 valence electrons. The Bertz CT molecular complexity index is 329. The van der Waals surface area contributed by atoms with Crippen LogP contribution in [-0.4, -0.2) is 13.0 Å². The number of hydrogen-bond donors (Lipinski definition) is 1. The Balaban J connectivity index is 2.82. The van der Waals surface area contributed by atoms with Gasteiger partial charge < -0.3 is 5.32 Å². The van der Waals surface area contributed by atoms with Crippen molar-refractivity contribution in [1.29, 1.82) is 0 Å². The lowest BCUT2D eigenvalue weighted by atomic mass is 10.3. The van der Waals surface area contributed by atoms with E-state index in [0.717, 1.165) is 6.07 Å². The van der Waals surface area contributed by atoms with Gasteiger partial charge in [0.15, 0.2) is 0 Å². The molecule has 0 bridgehead atoms. The summed E-state index contributed by atoms with van der Waals surface area (Å²) in [6.45, 7) is -0.672. The molecule has 0 heterocycles. The SMILES string of the molecule is Fc1cc(F)c(NCC(F)F)cc1Br. The lowest BCUT2D eigenvalue weighted by Crippen LogP contribution is -2.11. The molecule has 0 amide bonds. The maximum Gasteiger partial charge on any atom is 0.255 e. The number of nitrogens with one attached hydrogen (secondary N) is 1. The van der Waals surface area contributed by atoms with E-state index in [1.807, 2.05) is 0 Å². The van der Waals surface area contributed by atoms with Crippen molar-refractivity contribution < 1.29 is 17.6 Å². The van der Waals surface area contributed by atoms with Crippen molar-refractivity contribution in [3.8, 4) is 0 Å². The first kappa shape index (κ1) is 11.3. The van der Waals surface area contributed by atoms with Gasteiger partial charge in [0.25, 0.3) is 6.43 Å². The third kappa shape index (κ3) is 2.87. The zero-order valence-corrected chi connectivity index (χ0v) is 8.41. The summed E-state index contributed by atoms with van der Waals surface area (Å²) < 4.78 is 49.2. The lowest BCUT2D eigenvalue weighted by molar-refractivity contribution is 0.163. The van der Waals surface area contributed by atoms with Gasteiger partial charge in [-0.2, -0.15) is 0 Å². The van der Waals surface area contributed by atoms with E-state index in [2.05, 4.69) is 21.2 Å². The van der Waals surface area contributed by atoms with Crippen molar-refractivity contribution >= 4 is 21.6 Å². The average Bonchev–Trinajstić information content (AvgIpc) is 2.09. The van der Waals surface area contributed by atoms with Crippen molar-refractivity contribution in [1.82, 2.24) is 0 Å². The molecule has 14 heavy (non-hydrogen) atoms. The third-order valence-corrected chi connectivity index (χ3v) is 2.06. The van der Waals surface area contributed by atoms with Crippen molar-refractivity contribution in [3.63, 3.8) is 0 Å². The largest absolute Gasteiger partial charge is 0.377 e. The number of benzene rings is 1. The summed E-state index contributed by atoms with van der Waals surface area (Å²) in [6, 6.07) is 1.70. The fourth-order valence-electron chi connectivity index (χ4n) is 0.845. The molecule has 1 rings (SSSR count). The van der Waals surface area contributed by atoms with Gasteiger partial charge in [0, 0.05) is 6.07 Å². The Morgan fingerprint density at radius 3 is 2.43 bits per heavy atom. The minimum atomic E-state index is -2.58. The summed E-state index contributed by atoms with van der Waals surface area (Å²) in [5.41, 5.74) is -0.154. The van der Waals surface area contributed by atoms with Gasteiger partial charge in [-0.05, 0) is 22.0 Å². The fraction of sp³-hybridized carbons (Fsp3) is 0.250. The van der Waals surface area contributed by atoms with Crippen LogP contribution in [0.25, 0.3) is 0 Å². The molecule has 0 saturated carbocycles. The van der Waals surface area contributed by atoms with Gasteiger partial charge in [-0.25, -0.2) is 17.6 Å². The van der Waals surface area contributed by atoms with Crippen LogP contribution in [0, 0.1) is 11.6 Å². The molecule has 0 fully saturated rings. The molecule has 0 atom stereocenters. The van der Waals surface area contributed by atoms with Crippen LogP contribution in [0.1, 0.15) is 0 Å². The molecule has 1 aromatic carbocycles. The molecule has 0 radical (unpaired) electrons. The summed E-state index contributed by atoms with van der Waals surface area (Å²) in [5, 5.41) is 2.16. The molecule has 0 aliphatic rings. The minimum Gasteiger partial charge on any atom is -0.377 e. The Kier molecular flexibility index (Phi) is 3.74. The minimum absolute atomic E-state index is 0.0238. The van der Waals surface area contributed by atoms with Crippen LogP contribution < -0.4 is 5.32 Å². The highest BCUT2D eigenvalue weighted by Crippen LogP contribution is 2.23. The van der Waals surface area contributed by atoms with Crippen LogP contribution in [0.4, 0.5) is 23.2 Å². The second kappa shape index (κ2) is 4.63. The number of rotatable bonds is 3. The quantitative estimate of drug-likeness (QED) is 0.656. The molecule has 1 aromatic rings. The fourth-order valence-corrected chi connectivity index (χ4v) is 1.19. The molecule has 0 aromatic heterocycles. The predicted octanol–water partition coefficient (Wildman–Crippen LogP) is 3.40. The van der Waals surface area contributed by atoms with Crippen LogP contribution >= 0.6 is 15.9 Å². The summed E-state index contributed by atoms with van der Waals surface area (Å²) in [5.74, 6) is -1.67. The molecule has 0 unspecified atom stereocenters. The van der Waals surface area contributed by atoms with E-state index in [0.29, 0.717) is 6.07 Å².